The fourth-order valence-corrected chi connectivity index (χ4v) is 2.17. The molecule has 1 amide bonds. The largest absolute Gasteiger partial charge is 0.398 e. The van der Waals surface area contributed by atoms with Crippen molar-refractivity contribution in [3.63, 3.8) is 0 Å². The van der Waals surface area contributed by atoms with Gasteiger partial charge in [-0.3, -0.25) is 4.79 Å². The lowest BCUT2D eigenvalue weighted by Gasteiger charge is -2.05. The molecule has 20 heavy (non-hydrogen) atoms. The molecule has 0 aliphatic carbocycles. The van der Waals surface area contributed by atoms with Gasteiger partial charge in [-0.25, -0.2) is 0 Å². The summed E-state index contributed by atoms with van der Waals surface area (Å²) in [7, 11) is 0. The SMILES string of the molecule is Cc1ccc(NC=C2C(=O)Nc3ccccc32)cc1N. The Kier molecular flexibility index (Phi) is 2.91. The maximum Gasteiger partial charge on any atom is 0.257 e. The molecule has 0 fully saturated rings. The van der Waals surface area contributed by atoms with Crippen LogP contribution in [0, 0.1) is 6.92 Å². The Hall–Kier alpha value is -2.75. The first kappa shape index (κ1) is 12.3. The van der Waals surface area contributed by atoms with Crippen LogP contribution in [-0.4, -0.2) is 5.91 Å². The Morgan fingerprint density at radius 2 is 2.00 bits per heavy atom. The van der Waals surface area contributed by atoms with Gasteiger partial charge >= 0.3 is 0 Å². The van der Waals surface area contributed by atoms with Gasteiger partial charge in [-0.15, -0.1) is 0 Å². The lowest BCUT2D eigenvalue weighted by molar-refractivity contribution is -0.110. The van der Waals surface area contributed by atoms with Crippen LogP contribution in [0.2, 0.25) is 0 Å². The molecule has 1 aliphatic rings. The molecule has 0 unspecified atom stereocenters. The number of nitrogens with two attached hydrogens (primary N) is 1. The van der Waals surface area contributed by atoms with E-state index in [1.165, 1.54) is 0 Å². The minimum absolute atomic E-state index is 0.0983. The van der Waals surface area contributed by atoms with Gasteiger partial charge in [0.1, 0.15) is 0 Å². The van der Waals surface area contributed by atoms with Gasteiger partial charge in [-0.2, -0.15) is 0 Å². The van der Waals surface area contributed by atoms with Crippen molar-refractivity contribution in [3.8, 4) is 0 Å². The Bertz CT molecular complexity index is 719. The molecule has 2 aromatic carbocycles. The molecule has 0 saturated carbocycles. The summed E-state index contributed by atoms with van der Waals surface area (Å²) in [6.45, 7) is 1.96. The number of para-hydroxylation sites is 1. The molecule has 0 bridgehead atoms. The van der Waals surface area contributed by atoms with Gasteiger partial charge in [-0.1, -0.05) is 24.3 Å². The van der Waals surface area contributed by atoms with Crippen molar-refractivity contribution in [1.29, 1.82) is 0 Å². The molecule has 1 aliphatic heterocycles. The Balaban J connectivity index is 1.89. The summed E-state index contributed by atoms with van der Waals surface area (Å²) in [5.41, 5.74) is 10.9. The zero-order valence-corrected chi connectivity index (χ0v) is 11.1. The van der Waals surface area contributed by atoms with Crippen LogP contribution in [0.25, 0.3) is 5.57 Å². The fraction of sp³-hybridized carbons (Fsp3) is 0.0625. The predicted octanol–water partition coefficient (Wildman–Crippen LogP) is 2.98. The zero-order chi connectivity index (χ0) is 14.1. The van der Waals surface area contributed by atoms with E-state index in [2.05, 4.69) is 10.6 Å². The lowest BCUT2D eigenvalue weighted by Crippen LogP contribution is -2.05. The molecule has 4 N–H and O–H groups in total. The molecule has 1 heterocycles. The van der Waals surface area contributed by atoms with Crippen LogP contribution in [0.4, 0.5) is 17.1 Å². The lowest BCUT2D eigenvalue weighted by atomic mass is 10.1. The topological polar surface area (TPSA) is 67.2 Å². The van der Waals surface area contributed by atoms with Crippen molar-refractivity contribution < 1.29 is 4.79 Å². The highest BCUT2D eigenvalue weighted by Gasteiger charge is 2.23. The summed E-state index contributed by atoms with van der Waals surface area (Å²) in [6.07, 6.45) is 1.71. The van der Waals surface area contributed by atoms with E-state index < -0.39 is 0 Å². The zero-order valence-electron chi connectivity index (χ0n) is 11.1. The van der Waals surface area contributed by atoms with Gasteiger partial charge in [0.15, 0.2) is 0 Å². The molecule has 4 nitrogen and oxygen atoms in total. The number of benzene rings is 2. The van der Waals surface area contributed by atoms with E-state index in [9.17, 15) is 4.79 Å². The van der Waals surface area contributed by atoms with Crippen molar-refractivity contribution >= 4 is 28.5 Å². The number of fused-ring (bicyclic) bond motifs is 1. The number of hydrogen-bond donors (Lipinski definition) is 3. The minimum Gasteiger partial charge on any atom is -0.398 e. The van der Waals surface area contributed by atoms with Gasteiger partial charge in [-0.05, 0) is 30.7 Å². The number of carbonyl (C=O) groups is 1. The van der Waals surface area contributed by atoms with Crippen molar-refractivity contribution in [3.05, 3.63) is 59.8 Å². The summed E-state index contributed by atoms with van der Waals surface area (Å²) >= 11 is 0. The predicted molar refractivity (Wildman–Crippen MR) is 82.3 cm³/mol. The molecule has 0 atom stereocenters. The second-order valence-electron chi connectivity index (χ2n) is 4.77. The van der Waals surface area contributed by atoms with E-state index in [0.29, 0.717) is 5.57 Å². The van der Waals surface area contributed by atoms with Crippen molar-refractivity contribution in [2.45, 2.75) is 6.92 Å². The van der Waals surface area contributed by atoms with E-state index in [0.717, 1.165) is 28.2 Å². The molecule has 0 radical (unpaired) electrons. The van der Waals surface area contributed by atoms with Crippen LogP contribution in [0.1, 0.15) is 11.1 Å². The molecule has 3 rings (SSSR count). The van der Waals surface area contributed by atoms with Crippen LogP contribution in [0.5, 0.6) is 0 Å². The van der Waals surface area contributed by atoms with E-state index in [-0.39, 0.29) is 5.91 Å². The molecular weight excluding hydrogens is 250 g/mol. The Labute approximate surface area is 117 Å². The van der Waals surface area contributed by atoms with E-state index in [1.54, 1.807) is 6.20 Å². The van der Waals surface area contributed by atoms with Gasteiger partial charge in [0, 0.05) is 28.8 Å². The second-order valence-corrected chi connectivity index (χ2v) is 4.77. The van der Waals surface area contributed by atoms with Crippen molar-refractivity contribution in [2.24, 2.45) is 0 Å². The number of amides is 1. The number of nitrogens with one attached hydrogen (secondary N) is 2. The van der Waals surface area contributed by atoms with Gasteiger partial charge in [0.2, 0.25) is 0 Å². The monoisotopic (exact) mass is 265 g/mol. The number of carbonyl (C=O) groups excluding carboxylic acids is 1. The first-order valence-electron chi connectivity index (χ1n) is 6.39. The molecule has 0 aromatic heterocycles. The van der Waals surface area contributed by atoms with E-state index in [1.807, 2.05) is 49.4 Å². The molecule has 4 heteroatoms. The summed E-state index contributed by atoms with van der Waals surface area (Å²) in [5, 5.41) is 5.96. The highest BCUT2D eigenvalue weighted by Crippen LogP contribution is 2.31. The third-order valence-corrected chi connectivity index (χ3v) is 3.37. The summed E-state index contributed by atoms with van der Waals surface area (Å²) in [6, 6.07) is 13.3. The molecule has 100 valence electrons. The van der Waals surface area contributed by atoms with E-state index >= 15 is 0 Å². The first-order valence-corrected chi connectivity index (χ1v) is 6.39. The third-order valence-electron chi connectivity index (χ3n) is 3.37. The van der Waals surface area contributed by atoms with Gasteiger partial charge in [0.05, 0.1) is 5.57 Å². The second kappa shape index (κ2) is 4.74. The van der Waals surface area contributed by atoms with Gasteiger partial charge < -0.3 is 16.4 Å². The molecule has 0 spiro atoms. The Morgan fingerprint density at radius 3 is 2.80 bits per heavy atom. The molecule has 0 saturated heterocycles. The maximum absolute atomic E-state index is 11.9. The van der Waals surface area contributed by atoms with Crippen LogP contribution >= 0.6 is 0 Å². The first-order chi connectivity index (χ1) is 9.65. The summed E-state index contributed by atoms with van der Waals surface area (Å²) in [4.78, 5) is 11.9. The van der Waals surface area contributed by atoms with Crippen LogP contribution in [0.3, 0.4) is 0 Å². The van der Waals surface area contributed by atoms with Crippen molar-refractivity contribution in [2.75, 3.05) is 16.4 Å². The standard InChI is InChI=1S/C16H15N3O/c1-10-6-7-11(8-14(10)17)18-9-13-12-4-2-3-5-15(12)19-16(13)20/h2-9,18H,17H2,1H3,(H,19,20). The van der Waals surface area contributed by atoms with Crippen LogP contribution in [-0.2, 0) is 4.79 Å². The number of aryl methyl sites for hydroxylation is 1. The Morgan fingerprint density at radius 1 is 1.20 bits per heavy atom. The normalized spacial score (nSPS) is 15.1. The molecule has 2 aromatic rings. The third kappa shape index (κ3) is 2.12. The number of rotatable bonds is 2. The fourth-order valence-electron chi connectivity index (χ4n) is 2.17. The average Bonchev–Trinajstić information content (AvgIpc) is 2.76. The quantitative estimate of drug-likeness (QED) is 0.577. The minimum atomic E-state index is -0.0983. The maximum atomic E-state index is 11.9. The molecular formula is C16H15N3O. The smallest absolute Gasteiger partial charge is 0.257 e. The highest BCUT2D eigenvalue weighted by atomic mass is 16.2. The van der Waals surface area contributed by atoms with Crippen molar-refractivity contribution in [1.82, 2.24) is 0 Å². The summed E-state index contributed by atoms with van der Waals surface area (Å²) in [5.74, 6) is -0.0983. The van der Waals surface area contributed by atoms with Crippen LogP contribution < -0.4 is 16.4 Å². The highest BCUT2D eigenvalue weighted by molar-refractivity contribution is 6.31. The number of nitrogen functional groups attached to an aromatic ring is 1. The average molecular weight is 265 g/mol. The number of hydrogen-bond acceptors (Lipinski definition) is 3. The van der Waals surface area contributed by atoms with Crippen LogP contribution in [0.15, 0.2) is 48.7 Å². The number of anilines is 3. The summed E-state index contributed by atoms with van der Waals surface area (Å²) < 4.78 is 0. The van der Waals surface area contributed by atoms with Gasteiger partial charge in [0.25, 0.3) is 5.91 Å². The van der Waals surface area contributed by atoms with E-state index in [4.69, 9.17) is 5.73 Å².